The predicted octanol–water partition coefficient (Wildman–Crippen LogP) is 1.95. The van der Waals surface area contributed by atoms with E-state index in [-0.39, 0.29) is 5.69 Å². The third kappa shape index (κ3) is 3.46. The molecule has 1 heterocycles. The zero-order chi connectivity index (χ0) is 11.5. The summed E-state index contributed by atoms with van der Waals surface area (Å²) in [6.45, 7) is -1.05. The van der Waals surface area contributed by atoms with Crippen LogP contribution < -0.4 is 4.90 Å². The highest BCUT2D eigenvalue weighted by atomic mass is 19.4. The maximum atomic E-state index is 12.1. The Hall–Kier alpha value is -1.77. The molecular formula is C9H8F3N3. The number of aromatic nitrogens is 1. The average Bonchev–Trinajstić information content (AvgIpc) is 2.15. The number of nitriles is 1. The lowest BCUT2D eigenvalue weighted by molar-refractivity contribution is -0.119. The number of rotatable bonds is 2. The molecule has 0 aromatic carbocycles. The highest BCUT2D eigenvalue weighted by Crippen LogP contribution is 2.20. The molecule has 0 unspecified atom stereocenters. The summed E-state index contributed by atoms with van der Waals surface area (Å²) in [5, 5.41) is 8.52. The van der Waals surface area contributed by atoms with Crippen molar-refractivity contribution in [1.82, 2.24) is 4.98 Å². The number of hydrogen-bond donors (Lipinski definition) is 0. The number of halogens is 3. The van der Waals surface area contributed by atoms with Gasteiger partial charge in [-0.2, -0.15) is 18.4 Å². The smallest absolute Gasteiger partial charge is 0.366 e. The molecule has 3 nitrogen and oxygen atoms in total. The molecule has 0 saturated heterocycles. The lowest BCUT2D eigenvalue weighted by Gasteiger charge is -2.20. The van der Waals surface area contributed by atoms with Gasteiger partial charge in [0.1, 0.15) is 18.3 Å². The fraction of sp³-hybridized carbons (Fsp3) is 0.333. The van der Waals surface area contributed by atoms with Crippen LogP contribution in [0, 0.1) is 11.3 Å². The lowest BCUT2D eigenvalue weighted by atomic mass is 10.3. The lowest BCUT2D eigenvalue weighted by Crippen LogP contribution is -2.30. The fourth-order valence-corrected chi connectivity index (χ4v) is 1.08. The number of hydrogen-bond acceptors (Lipinski definition) is 3. The van der Waals surface area contributed by atoms with Crippen molar-refractivity contribution in [2.24, 2.45) is 0 Å². The molecule has 0 fully saturated rings. The molecule has 0 atom stereocenters. The Morgan fingerprint density at radius 2 is 2.20 bits per heavy atom. The first-order valence-electron chi connectivity index (χ1n) is 4.06. The Balaban J connectivity index is 2.83. The largest absolute Gasteiger partial charge is 0.405 e. The van der Waals surface area contributed by atoms with Gasteiger partial charge in [0.05, 0.1) is 0 Å². The van der Waals surface area contributed by atoms with Gasteiger partial charge < -0.3 is 4.90 Å². The molecule has 0 aliphatic heterocycles. The molecule has 0 amide bonds. The molecule has 0 spiro atoms. The predicted molar refractivity (Wildman–Crippen MR) is 48.3 cm³/mol. The standard InChI is InChI=1S/C9H8F3N3/c1-15(6-9(10,11)12)8-2-3-14-7(4-8)5-13/h2-4H,6H2,1H3. The second-order valence-electron chi connectivity index (χ2n) is 2.98. The number of alkyl halides is 3. The first-order chi connectivity index (χ1) is 6.92. The van der Waals surface area contributed by atoms with E-state index in [1.165, 1.54) is 25.4 Å². The second kappa shape index (κ2) is 4.17. The topological polar surface area (TPSA) is 39.9 Å². The van der Waals surface area contributed by atoms with E-state index in [0.29, 0.717) is 5.69 Å². The van der Waals surface area contributed by atoms with Crippen LogP contribution in [-0.4, -0.2) is 24.8 Å². The van der Waals surface area contributed by atoms with Crippen LogP contribution in [0.5, 0.6) is 0 Å². The van der Waals surface area contributed by atoms with Crippen molar-refractivity contribution in [3.63, 3.8) is 0 Å². The van der Waals surface area contributed by atoms with Gasteiger partial charge in [-0.05, 0) is 12.1 Å². The normalized spacial score (nSPS) is 10.9. The van der Waals surface area contributed by atoms with Crippen molar-refractivity contribution < 1.29 is 13.2 Å². The van der Waals surface area contributed by atoms with Crippen molar-refractivity contribution in [3.8, 4) is 6.07 Å². The minimum atomic E-state index is -4.26. The Bertz CT molecular complexity index is 381. The van der Waals surface area contributed by atoms with Gasteiger partial charge in [0, 0.05) is 18.9 Å². The van der Waals surface area contributed by atoms with E-state index in [0.717, 1.165) is 4.90 Å². The van der Waals surface area contributed by atoms with Gasteiger partial charge in [-0.3, -0.25) is 0 Å². The zero-order valence-electron chi connectivity index (χ0n) is 7.91. The molecule has 1 aromatic heterocycles. The van der Waals surface area contributed by atoms with Crippen LogP contribution in [0.2, 0.25) is 0 Å². The van der Waals surface area contributed by atoms with Gasteiger partial charge in [-0.1, -0.05) is 0 Å². The van der Waals surface area contributed by atoms with E-state index in [1.54, 1.807) is 6.07 Å². The van der Waals surface area contributed by atoms with Crippen LogP contribution in [0.1, 0.15) is 5.69 Å². The summed E-state index contributed by atoms with van der Waals surface area (Å²) >= 11 is 0. The van der Waals surface area contributed by atoms with E-state index < -0.39 is 12.7 Å². The summed E-state index contributed by atoms with van der Waals surface area (Å²) < 4.78 is 36.2. The number of anilines is 1. The Labute approximate surface area is 84.8 Å². The molecule has 0 bridgehead atoms. The quantitative estimate of drug-likeness (QED) is 0.757. The molecule has 1 rings (SSSR count). The van der Waals surface area contributed by atoms with Crippen LogP contribution in [-0.2, 0) is 0 Å². The maximum absolute atomic E-state index is 12.1. The van der Waals surface area contributed by atoms with Crippen LogP contribution >= 0.6 is 0 Å². The molecule has 6 heteroatoms. The maximum Gasteiger partial charge on any atom is 0.405 e. The Morgan fingerprint density at radius 1 is 1.53 bits per heavy atom. The van der Waals surface area contributed by atoms with Gasteiger partial charge >= 0.3 is 6.18 Å². The summed E-state index contributed by atoms with van der Waals surface area (Å²) in [7, 11) is 1.31. The first-order valence-corrected chi connectivity index (χ1v) is 4.06. The zero-order valence-corrected chi connectivity index (χ0v) is 7.91. The van der Waals surface area contributed by atoms with E-state index in [4.69, 9.17) is 5.26 Å². The van der Waals surface area contributed by atoms with E-state index in [1.807, 2.05) is 0 Å². The first kappa shape index (κ1) is 11.3. The average molecular weight is 215 g/mol. The summed E-state index contributed by atoms with van der Waals surface area (Å²) in [6.07, 6.45) is -2.95. The van der Waals surface area contributed by atoms with Crippen LogP contribution in [0.15, 0.2) is 18.3 Å². The Morgan fingerprint density at radius 3 is 2.73 bits per heavy atom. The van der Waals surface area contributed by atoms with E-state index >= 15 is 0 Å². The Kier molecular flexibility index (Phi) is 3.14. The molecule has 1 aromatic rings. The minimum Gasteiger partial charge on any atom is -0.366 e. The highest BCUT2D eigenvalue weighted by Gasteiger charge is 2.29. The summed E-state index contributed by atoms with van der Waals surface area (Å²) in [4.78, 5) is 4.68. The highest BCUT2D eigenvalue weighted by molar-refractivity contribution is 5.48. The van der Waals surface area contributed by atoms with Crippen LogP contribution in [0.25, 0.3) is 0 Å². The fourth-order valence-electron chi connectivity index (χ4n) is 1.08. The van der Waals surface area contributed by atoms with E-state index in [2.05, 4.69) is 4.98 Å². The molecule has 0 aliphatic rings. The summed E-state index contributed by atoms with van der Waals surface area (Å²) in [5.41, 5.74) is 0.417. The van der Waals surface area contributed by atoms with Gasteiger partial charge in [0.2, 0.25) is 0 Å². The van der Waals surface area contributed by atoms with Crippen LogP contribution in [0.3, 0.4) is 0 Å². The molecular weight excluding hydrogens is 207 g/mol. The molecule has 0 saturated carbocycles. The minimum absolute atomic E-state index is 0.0986. The van der Waals surface area contributed by atoms with Crippen molar-refractivity contribution in [2.45, 2.75) is 6.18 Å². The molecule has 0 N–H and O–H groups in total. The van der Waals surface area contributed by atoms with Gasteiger partial charge in [0.15, 0.2) is 0 Å². The monoisotopic (exact) mass is 215 g/mol. The molecule has 0 radical (unpaired) electrons. The van der Waals surface area contributed by atoms with Gasteiger partial charge in [0.25, 0.3) is 0 Å². The molecule has 0 aliphatic carbocycles. The number of nitrogens with zero attached hydrogens (tertiary/aromatic N) is 3. The van der Waals surface area contributed by atoms with Crippen molar-refractivity contribution in [2.75, 3.05) is 18.5 Å². The summed E-state index contributed by atoms with van der Waals surface area (Å²) in [6, 6.07) is 4.50. The van der Waals surface area contributed by atoms with Gasteiger partial charge in [-0.25, -0.2) is 4.98 Å². The van der Waals surface area contributed by atoms with Crippen molar-refractivity contribution >= 4 is 5.69 Å². The van der Waals surface area contributed by atoms with E-state index in [9.17, 15) is 13.2 Å². The molecule has 80 valence electrons. The van der Waals surface area contributed by atoms with Crippen molar-refractivity contribution in [1.29, 1.82) is 5.26 Å². The van der Waals surface area contributed by atoms with Crippen LogP contribution in [0.4, 0.5) is 18.9 Å². The van der Waals surface area contributed by atoms with Crippen molar-refractivity contribution in [3.05, 3.63) is 24.0 Å². The summed E-state index contributed by atoms with van der Waals surface area (Å²) in [5.74, 6) is 0. The third-order valence-corrected chi connectivity index (χ3v) is 1.72. The third-order valence-electron chi connectivity index (χ3n) is 1.72. The van der Waals surface area contributed by atoms with Gasteiger partial charge in [-0.15, -0.1) is 0 Å². The second-order valence-corrected chi connectivity index (χ2v) is 2.98. The molecule has 15 heavy (non-hydrogen) atoms. The number of pyridine rings is 1. The SMILES string of the molecule is CN(CC(F)(F)F)c1ccnc(C#N)c1.